The minimum absolute atomic E-state index is 0.0180. The van der Waals surface area contributed by atoms with Gasteiger partial charge in [-0.3, -0.25) is 9.69 Å². The van der Waals surface area contributed by atoms with E-state index in [2.05, 4.69) is 47.6 Å². The van der Waals surface area contributed by atoms with Crippen LogP contribution in [0.4, 0.5) is 17.1 Å². The molecule has 0 saturated heterocycles. The second-order valence-corrected chi connectivity index (χ2v) is 8.71. The Morgan fingerprint density at radius 2 is 1.45 bits per heavy atom. The summed E-state index contributed by atoms with van der Waals surface area (Å²) in [6.07, 6.45) is 0. The zero-order valence-corrected chi connectivity index (χ0v) is 19.8. The number of carbonyl (C=O) groups excluding carboxylic acids is 1. The number of nitrogens with zero attached hydrogens (tertiary/aromatic N) is 4. The summed E-state index contributed by atoms with van der Waals surface area (Å²) in [7, 11) is 1.93. The first kappa shape index (κ1) is 22.6. The molecule has 1 amide bonds. The van der Waals surface area contributed by atoms with Gasteiger partial charge in [0.05, 0.1) is 12.3 Å². The summed E-state index contributed by atoms with van der Waals surface area (Å²) in [5.74, 6) is 1.05. The van der Waals surface area contributed by atoms with Gasteiger partial charge in [-0.25, -0.2) is 0 Å². The van der Waals surface area contributed by atoms with Gasteiger partial charge in [-0.15, -0.1) is 10.2 Å². The highest BCUT2D eigenvalue weighted by Crippen LogP contribution is 2.27. The first-order valence-electron chi connectivity index (χ1n) is 10.8. The van der Waals surface area contributed by atoms with Crippen molar-refractivity contribution in [2.45, 2.75) is 25.5 Å². The number of hydrogen-bond donors (Lipinski definition) is 1. The summed E-state index contributed by atoms with van der Waals surface area (Å²) in [6, 6.07) is 25.6. The Bertz CT molecular complexity index is 1160. The molecule has 0 aliphatic carbocycles. The van der Waals surface area contributed by atoms with Crippen LogP contribution in [0.3, 0.4) is 0 Å². The van der Waals surface area contributed by atoms with Crippen molar-refractivity contribution < 1.29 is 4.79 Å². The molecular formula is C26H27N5OS. The van der Waals surface area contributed by atoms with E-state index in [1.165, 1.54) is 22.9 Å². The third-order valence-electron chi connectivity index (χ3n) is 5.43. The fourth-order valence-corrected chi connectivity index (χ4v) is 4.45. The van der Waals surface area contributed by atoms with E-state index >= 15 is 0 Å². The molecule has 0 aliphatic rings. The molecule has 168 valence electrons. The van der Waals surface area contributed by atoms with Crippen LogP contribution < -0.4 is 10.2 Å². The molecule has 0 atom stereocenters. The van der Waals surface area contributed by atoms with Crippen molar-refractivity contribution in [1.29, 1.82) is 0 Å². The number of carbonyl (C=O) groups is 1. The predicted octanol–water partition coefficient (Wildman–Crippen LogP) is 5.50. The second-order valence-electron chi connectivity index (χ2n) is 7.77. The average Bonchev–Trinajstić information content (AvgIpc) is 3.18. The summed E-state index contributed by atoms with van der Waals surface area (Å²) in [5, 5.41) is 12.8. The molecule has 0 aliphatic heterocycles. The van der Waals surface area contributed by atoms with Crippen LogP contribution in [-0.4, -0.2) is 26.4 Å². The first-order valence-corrected chi connectivity index (χ1v) is 11.8. The quantitative estimate of drug-likeness (QED) is 0.354. The van der Waals surface area contributed by atoms with Crippen molar-refractivity contribution in [3.05, 3.63) is 95.8 Å². The first-order chi connectivity index (χ1) is 16.0. The molecule has 6 nitrogen and oxygen atoms in total. The zero-order chi connectivity index (χ0) is 23.2. The maximum Gasteiger partial charge on any atom is 0.242 e. The summed E-state index contributed by atoms with van der Waals surface area (Å²) in [4.78, 5) is 15.0. The van der Waals surface area contributed by atoms with Crippen molar-refractivity contribution in [1.82, 2.24) is 14.8 Å². The lowest BCUT2D eigenvalue weighted by Crippen LogP contribution is -2.27. The SMILES string of the molecule is Cc1cccc(C)c1NCc1nnc(SCC(=O)N(c2ccccc2)c2ccccc2)n1C. The van der Waals surface area contributed by atoms with Crippen molar-refractivity contribution in [3.63, 3.8) is 0 Å². The normalized spacial score (nSPS) is 10.8. The number of hydrogen-bond acceptors (Lipinski definition) is 5. The van der Waals surface area contributed by atoms with Crippen molar-refractivity contribution in [2.75, 3.05) is 16.0 Å². The number of benzene rings is 3. The molecule has 0 saturated carbocycles. The number of amides is 1. The molecule has 0 bridgehead atoms. The summed E-state index contributed by atoms with van der Waals surface area (Å²) in [6.45, 7) is 4.73. The average molecular weight is 458 g/mol. The highest BCUT2D eigenvalue weighted by Gasteiger charge is 2.19. The Labute approximate surface area is 198 Å². The Kier molecular flexibility index (Phi) is 7.10. The summed E-state index contributed by atoms with van der Waals surface area (Å²) < 4.78 is 1.94. The van der Waals surface area contributed by atoms with E-state index in [0.717, 1.165) is 22.9 Å². The molecule has 4 rings (SSSR count). The lowest BCUT2D eigenvalue weighted by molar-refractivity contribution is -0.115. The van der Waals surface area contributed by atoms with Gasteiger partial charge < -0.3 is 9.88 Å². The molecule has 33 heavy (non-hydrogen) atoms. The van der Waals surface area contributed by atoms with E-state index in [9.17, 15) is 4.79 Å². The fraction of sp³-hybridized carbons (Fsp3) is 0.192. The van der Waals surface area contributed by atoms with E-state index in [1.54, 1.807) is 4.90 Å². The molecule has 0 radical (unpaired) electrons. The molecule has 1 N–H and O–H groups in total. The zero-order valence-electron chi connectivity index (χ0n) is 19.0. The summed E-state index contributed by atoms with van der Waals surface area (Å²) in [5.41, 5.74) is 5.18. The van der Waals surface area contributed by atoms with Crippen molar-refractivity contribution in [3.8, 4) is 0 Å². The van der Waals surface area contributed by atoms with Crippen LogP contribution in [0.25, 0.3) is 0 Å². The third-order valence-corrected chi connectivity index (χ3v) is 6.44. The van der Waals surface area contributed by atoms with Gasteiger partial charge in [-0.05, 0) is 49.2 Å². The van der Waals surface area contributed by atoms with Gasteiger partial charge in [0.25, 0.3) is 0 Å². The lowest BCUT2D eigenvalue weighted by Gasteiger charge is -2.22. The molecule has 7 heteroatoms. The summed E-state index contributed by atoms with van der Waals surface area (Å²) >= 11 is 1.39. The standard InChI is InChI=1S/C26H27N5OS/c1-19-11-10-12-20(2)25(19)27-17-23-28-29-26(30(23)3)33-18-24(32)31(21-13-6-4-7-14-21)22-15-8-5-9-16-22/h4-16,27H,17-18H2,1-3H3. The van der Waals surface area contributed by atoms with Crippen LogP contribution in [-0.2, 0) is 18.4 Å². The van der Waals surface area contributed by atoms with Gasteiger partial charge in [-0.2, -0.15) is 0 Å². The van der Waals surface area contributed by atoms with E-state index in [4.69, 9.17) is 0 Å². The van der Waals surface area contributed by atoms with Gasteiger partial charge in [0.2, 0.25) is 5.91 Å². The fourth-order valence-electron chi connectivity index (χ4n) is 3.67. The van der Waals surface area contributed by atoms with Gasteiger partial charge in [0.1, 0.15) is 0 Å². The van der Waals surface area contributed by atoms with Crippen LogP contribution in [0.1, 0.15) is 17.0 Å². The van der Waals surface area contributed by atoms with Crippen LogP contribution in [0, 0.1) is 13.8 Å². The monoisotopic (exact) mass is 457 g/mol. The molecule has 3 aromatic carbocycles. The van der Waals surface area contributed by atoms with Gasteiger partial charge in [-0.1, -0.05) is 66.4 Å². The number of rotatable bonds is 8. The van der Waals surface area contributed by atoms with Gasteiger partial charge in [0.15, 0.2) is 11.0 Å². The number of aromatic nitrogens is 3. The van der Waals surface area contributed by atoms with Crippen molar-refractivity contribution >= 4 is 34.7 Å². The minimum atomic E-state index is -0.0180. The number of para-hydroxylation sites is 3. The third kappa shape index (κ3) is 5.26. The van der Waals surface area contributed by atoms with E-state index < -0.39 is 0 Å². The highest BCUT2D eigenvalue weighted by atomic mass is 32.2. The van der Waals surface area contributed by atoms with Crippen LogP contribution >= 0.6 is 11.8 Å². The van der Waals surface area contributed by atoms with Crippen LogP contribution in [0.5, 0.6) is 0 Å². The van der Waals surface area contributed by atoms with Gasteiger partial charge >= 0.3 is 0 Å². The van der Waals surface area contributed by atoms with E-state index in [0.29, 0.717) is 11.7 Å². The highest BCUT2D eigenvalue weighted by molar-refractivity contribution is 7.99. The maximum atomic E-state index is 13.3. The minimum Gasteiger partial charge on any atom is -0.377 e. The molecule has 4 aromatic rings. The molecular weight excluding hydrogens is 430 g/mol. The molecule has 0 fully saturated rings. The van der Waals surface area contributed by atoms with Crippen LogP contribution in [0.15, 0.2) is 84.0 Å². The number of thioether (sulfide) groups is 1. The Hall–Kier alpha value is -3.58. The van der Waals surface area contributed by atoms with Crippen LogP contribution in [0.2, 0.25) is 0 Å². The number of nitrogens with one attached hydrogen (secondary N) is 1. The topological polar surface area (TPSA) is 63.1 Å². The Morgan fingerprint density at radius 1 is 0.879 bits per heavy atom. The second kappa shape index (κ2) is 10.4. The van der Waals surface area contributed by atoms with E-state index in [1.807, 2.05) is 72.3 Å². The lowest BCUT2D eigenvalue weighted by atomic mass is 10.1. The largest absolute Gasteiger partial charge is 0.377 e. The number of aryl methyl sites for hydroxylation is 2. The van der Waals surface area contributed by atoms with E-state index in [-0.39, 0.29) is 11.7 Å². The predicted molar refractivity (Wildman–Crippen MR) is 135 cm³/mol. The number of anilines is 3. The van der Waals surface area contributed by atoms with Crippen molar-refractivity contribution in [2.24, 2.45) is 7.05 Å². The molecule has 1 heterocycles. The smallest absolute Gasteiger partial charge is 0.242 e. The molecule has 0 spiro atoms. The maximum absolute atomic E-state index is 13.3. The van der Waals surface area contributed by atoms with Gasteiger partial charge in [0, 0.05) is 24.1 Å². The Morgan fingerprint density at radius 3 is 2.03 bits per heavy atom. The molecule has 0 unspecified atom stereocenters. The Balaban J connectivity index is 1.45. The molecule has 1 aromatic heterocycles.